The van der Waals surface area contributed by atoms with E-state index in [1.165, 1.54) is 24.8 Å². The fraction of sp³-hybridized carbons (Fsp3) is 0.423. The Balaban J connectivity index is 1.55. The van der Waals surface area contributed by atoms with Crippen molar-refractivity contribution in [1.29, 1.82) is 0 Å². The summed E-state index contributed by atoms with van der Waals surface area (Å²) in [5, 5.41) is 5.05. The minimum atomic E-state index is -0.0392. The number of para-hydroxylation sites is 1. The number of carbonyl (C=O) groups is 1. The summed E-state index contributed by atoms with van der Waals surface area (Å²) in [5.41, 5.74) is 3.81. The zero-order chi connectivity index (χ0) is 21.5. The Morgan fingerprint density at radius 1 is 1.03 bits per heavy atom. The third-order valence-electron chi connectivity index (χ3n) is 7.38. The van der Waals surface area contributed by atoms with Gasteiger partial charge in [-0.2, -0.15) is 0 Å². The van der Waals surface area contributed by atoms with Crippen LogP contribution in [0.2, 0.25) is 10.0 Å². The molecule has 5 heteroatoms. The van der Waals surface area contributed by atoms with Gasteiger partial charge in [-0.3, -0.25) is 4.79 Å². The minimum absolute atomic E-state index is 0.0392. The molecule has 0 saturated heterocycles. The molecule has 162 valence electrons. The first-order valence-corrected chi connectivity index (χ1v) is 12.1. The van der Waals surface area contributed by atoms with Crippen LogP contribution in [0.15, 0.2) is 48.6 Å². The van der Waals surface area contributed by atoms with Crippen LogP contribution in [0.1, 0.15) is 72.0 Å². The number of nitrogens with one attached hydrogen (secondary N) is 1. The number of nitrogens with zero attached hydrogens (tertiary/aromatic N) is 1. The predicted octanol–water partition coefficient (Wildman–Crippen LogP) is 7.22. The molecular weight excluding hydrogens is 427 g/mol. The Labute approximate surface area is 194 Å². The number of rotatable bonds is 3. The number of amides is 1. The Kier molecular flexibility index (Phi) is 5.75. The van der Waals surface area contributed by atoms with Crippen LogP contribution in [-0.2, 0) is 0 Å². The predicted molar refractivity (Wildman–Crippen MR) is 128 cm³/mol. The lowest BCUT2D eigenvalue weighted by Gasteiger charge is -2.39. The number of fused-ring (bicyclic) bond motifs is 3. The molecule has 3 aliphatic rings. The standard InChI is InChI=1S/C26H28Cl2N2O/c1-30(16-8-3-2-4-9-16)26(31)20-13-6-11-18-17-10-5-12-19(17)25(29-24(18)20)23-21(27)14-7-15-22(23)28/h5-7,10-11,13-17,19,25,29H,2-4,8-9,12H2,1H3. The highest BCUT2D eigenvalue weighted by Gasteiger charge is 2.41. The van der Waals surface area contributed by atoms with Crippen LogP contribution in [0.3, 0.4) is 0 Å². The Morgan fingerprint density at radius 3 is 2.48 bits per heavy atom. The molecule has 3 atom stereocenters. The van der Waals surface area contributed by atoms with Crippen molar-refractivity contribution in [2.75, 3.05) is 12.4 Å². The highest BCUT2D eigenvalue weighted by molar-refractivity contribution is 6.36. The SMILES string of the molecule is CN(C(=O)c1cccc2c1NC(c1c(Cl)cccc1Cl)C1CC=CC21)C1CCCCC1. The van der Waals surface area contributed by atoms with Gasteiger partial charge in [0.05, 0.1) is 17.3 Å². The van der Waals surface area contributed by atoms with Crippen LogP contribution in [0.4, 0.5) is 5.69 Å². The van der Waals surface area contributed by atoms with E-state index >= 15 is 0 Å². The highest BCUT2D eigenvalue weighted by Crippen LogP contribution is 2.52. The van der Waals surface area contributed by atoms with Crippen molar-refractivity contribution in [2.24, 2.45) is 5.92 Å². The molecule has 0 radical (unpaired) electrons. The Bertz CT molecular complexity index is 1010. The molecular formula is C26H28Cl2N2O. The molecule has 2 aromatic carbocycles. The van der Waals surface area contributed by atoms with Crippen molar-refractivity contribution in [3.63, 3.8) is 0 Å². The van der Waals surface area contributed by atoms with Gasteiger partial charge >= 0.3 is 0 Å². The van der Waals surface area contributed by atoms with Gasteiger partial charge in [-0.25, -0.2) is 0 Å². The lowest BCUT2D eigenvalue weighted by atomic mass is 9.76. The molecule has 31 heavy (non-hydrogen) atoms. The van der Waals surface area contributed by atoms with E-state index in [2.05, 4.69) is 23.5 Å². The lowest BCUT2D eigenvalue weighted by Crippen LogP contribution is -2.39. The molecule has 0 spiro atoms. The van der Waals surface area contributed by atoms with Gasteiger partial charge in [0.25, 0.3) is 5.91 Å². The maximum Gasteiger partial charge on any atom is 0.255 e. The first-order chi connectivity index (χ1) is 15.1. The summed E-state index contributed by atoms with van der Waals surface area (Å²) in [5.74, 6) is 0.674. The van der Waals surface area contributed by atoms with E-state index in [1.807, 2.05) is 42.3 Å². The van der Waals surface area contributed by atoms with E-state index in [0.29, 0.717) is 22.0 Å². The van der Waals surface area contributed by atoms with E-state index in [4.69, 9.17) is 23.2 Å². The molecule has 1 N–H and O–H groups in total. The van der Waals surface area contributed by atoms with E-state index < -0.39 is 0 Å². The van der Waals surface area contributed by atoms with Crippen LogP contribution >= 0.6 is 23.2 Å². The van der Waals surface area contributed by atoms with Gasteiger partial charge in [-0.15, -0.1) is 0 Å². The van der Waals surface area contributed by atoms with Crippen LogP contribution in [0, 0.1) is 5.92 Å². The summed E-state index contributed by atoms with van der Waals surface area (Å²) in [6.45, 7) is 0. The quantitative estimate of drug-likeness (QED) is 0.496. The lowest BCUT2D eigenvalue weighted by molar-refractivity contribution is 0.0697. The number of benzene rings is 2. The molecule has 1 saturated carbocycles. The Morgan fingerprint density at radius 2 is 1.74 bits per heavy atom. The normalized spacial score (nSPS) is 24.9. The molecule has 0 aromatic heterocycles. The third-order valence-corrected chi connectivity index (χ3v) is 8.04. The number of anilines is 1. The van der Waals surface area contributed by atoms with E-state index in [9.17, 15) is 4.79 Å². The van der Waals surface area contributed by atoms with Gasteiger partial charge in [0.2, 0.25) is 0 Å². The number of halogens is 2. The molecule has 3 unspecified atom stereocenters. The highest BCUT2D eigenvalue weighted by atomic mass is 35.5. The molecule has 2 aromatic rings. The van der Waals surface area contributed by atoms with Crippen molar-refractivity contribution in [3.05, 3.63) is 75.3 Å². The molecule has 1 amide bonds. The zero-order valence-electron chi connectivity index (χ0n) is 17.8. The molecule has 1 aliphatic heterocycles. The van der Waals surface area contributed by atoms with Crippen molar-refractivity contribution >= 4 is 34.8 Å². The fourth-order valence-electron chi connectivity index (χ4n) is 5.72. The van der Waals surface area contributed by atoms with Gasteiger partial charge in [-0.1, -0.05) is 72.8 Å². The summed E-state index contributed by atoms with van der Waals surface area (Å²) < 4.78 is 0. The van der Waals surface area contributed by atoms with Crippen LogP contribution in [0.25, 0.3) is 0 Å². The van der Waals surface area contributed by atoms with Crippen molar-refractivity contribution in [2.45, 2.75) is 56.5 Å². The summed E-state index contributed by atoms with van der Waals surface area (Å²) in [4.78, 5) is 15.6. The monoisotopic (exact) mass is 454 g/mol. The zero-order valence-corrected chi connectivity index (χ0v) is 19.3. The average molecular weight is 455 g/mol. The maximum atomic E-state index is 13.6. The number of hydrogen-bond acceptors (Lipinski definition) is 2. The third kappa shape index (κ3) is 3.66. The van der Waals surface area contributed by atoms with Gasteiger partial charge in [0.1, 0.15) is 0 Å². The average Bonchev–Trinajstić information content (AvgIpc) is 3.29. The smallest absolute Gasteiger partial charge is 0.255 e. The van der Waals surface area contributed by atoms with Crippen molar-refractivity contribution in [1.82, 2.24) is 4.90 Å². The summed E-state index contributed by atoms with van der Waals surface area (Å²) in [7, 11) is 1.96. The number of carbonyl (C=O) groups excluding carboxylic acids is 1. The summed E-state index contributed by atoms with van der Waals surface area (Å²) >= 11 is 13.2. The van der Waals surface area contributed by atoms with E-state index in [1.54, 1.807) is 0 Å². The Hall–Kier alpha value is -1.97. The maximum absolute atomic E-state index is 13.6. The van der Waals surface area contributed by atoms with E-state index in [-0.39, 0.29) is 17.9 Å². The number of hydrogen-bond donors (Lipinski definition) is 1. The molecule has 5 rings (SSSR count). The molecule has 0 bridgehead atoms. The van der Waals surface area contributed by atoms with E-state index in [0.717, 1.165) is 36.1 Å². The molecule has 2 aliphatic carbocycles. The van der Waals surface area contributed by atoms with Crippen LogP contribution in [-0.4, -0.2) is 23.9 Å². The van der Waals surface area contributed by atoms with Crippen molar-refractivity contribution in [3.8, 4) is 0 Å². The summed E-state index contributed by atoms with van der Waals surface area (Å²) in [6, 6.07) is 12.1. The molecule has 1 fully saturated rings. The second kappa shape index (κ2) is 8.52. The fourth-order valence-corrected chi connectivity index (χ4v) is 6.35. The largest absolute Gasteiger partial charge is 0.377 e. The first-order valence-electron chi connectivity index (χ1n) is 11.3. The first kappa shape index (κ1) is 20.9. The summed E-state index contributed by atoms with van der Waals surface area (Å²) in [6.07, 6.45) is 11.4. The second-order valence-electron chi connectivity index (χ2n) is 9.09. The second-order valence-corrected chi connectivity index (χ2v) is 9.90. The van der Waals surface area contributed by atoms with Gasteiger partial charge in [0, 0.05) is 34.6 Å². The van der Waals surface area contributed by atoms with Gasteiger partial charge in [-0.05, 0) is 48.9 Å². The minimum Gasteiger partial charge on any atom is -0.377 e. The van der Waals surface area contributed by atoms with Crippen LogP contribution in [0.5, 0.6) is 0 Å². The van der Waals surface area contributed by atoms with Crippen molar-refractivity contribution < 1.29 is 4.79 Å². The van der Waals surface area contributed by atoms with Crippen LogP contribution < -0.4 is 5.32 Å². The van der Waals surface area contributed by atoms with Gasteiger partial charge < -0.3 is 10.2 Å². The topological polar surface area (TPSA) is 32.3 Å². The van der Waals surface area contributed by atoms with Gasteiger partial charge in [0.15, 0.2) is 0 Å². The molecule has 1 heterocycles. The molecule has 3 nitrogen and oxygen atoms in total. The number of allylic oxidation sites excluding steroid dienone is 2.